The second-order valence-corrected chi connectivity index (χ2v) is 12.1. The summed E-state index contributed by atoms with van der Waals surface area (Å²) >= 11 is 0. The van der Waals surface area contributed by atoms with Crippen LogP contribution in [0.5, 0.6) is 0 Å². The average Bonchev–Trinajstić information content (AvgIpc) is 3.38. The highest BCUT2D eigenvalue weighted by atomic mass is 16.7. The minimum Gasteiger partial charge on any atom is -0.472 e. The maximum atomic E-state index is 13.2. The Morgan fingerprint density at radius 1 is 1.10 bits per heavy atom. The molecular weight excluding hydrogens is 508 g/mol. The van der Waals surface area contributed by atoms with Gasteiger partial charge in [0, 0.05) is 43.1 Å². The number of carbonyl (C=O) groups excluding carboxylic acids is 3. The molecule has 0 aromatic rings. The summed E-state index contributed by atoms with van der Waals surface area (Å²) in [5.74, 6) is -2.03. The number of esters is 3. The highest BCUT2D eigenvalue weighted by Crippen LogP contribution is 2.70. The average molecular weight is 549 g/mol. The molecule has 216 valence electrons. The van der Waals surface area contributed by atoms with Gasteiger partial charge in [0.2, 0.25) is 6.29 Å². The Hall–Kier alpha value is -2.43. The van der Waals surface area contributed by atoms with Gasteiger partial charge in [0.25, 0.3) is 0 Å². The van der Waals surface area contributed by atoms with Crippen molar-refractivity contribution in [2.75, 3.05) is 13.2 Å². The number of hydrogen-bond acceptors (Lipinski definition) is 10. The van der Waals surface area contributed by atoms with Crippen LogP contribution in [0.3, 0.4) is 0 Å². The summed E-state index contributed by atoms with van der Waals surface area (Å²) in [7, 11) is 0. The van der Waals surface area contributed by atoms with E-state index in [1.807, 2.05) is 6.08 Å². The van der Waals surface area contributed by atoms with Crippen molar-refractivity contribution in [2.24, 2.45) is 28.6 Å². The Balaban J connectivity index is 1.69. The molecule has 0 amide bonds. The maximum absolute atomic E-state index is 13.2. The van der Waals surface area contributed by atoms with Crippen molar-refractivity contribution < 1.29 is 47.9 Å². The molecule has 0 radical (unpaired) electrons. The summed E-state index contributed by atoms with van der Waals surface area (Å²) in [5, 5.41) is 11.6. The Morgan fingerprint density at radius 2 is 1.82 bits per heavy atom. The number of ether oxygens (including phenoxy) is 6. The lowest BCUT2D eigenvalue weighted by molar-refractivity contribution is -0.292. The first-order valence-electron chi connectivity index (χ1n) is 13.8. The molecule has 10 heteroatoms. The number of epoxide rings is 1. The van der Waals surface area contributed by atoms with Crippen molar-refractivity contribution >= 4 is 17.9 Å². The van der Waals surface area contributed by atoms with E-state index in [-0.39, 0.29) is 37.6 Å². The number of hydrogen-bond donors (Lipinski definition) is 1. The zero-order chi connectivity index (χ0) is 28.3. The maximum Gasteiger partial charge on any atom is 0.333 e. The fourth-order valence-electron chi connectivity index (χ4n) is 7.98. The zero-order valence-corrected chi connectivity index (χ0v) is 23.5. The summed E-state index contributed by atoms with van der Waals surface area (Å²) in [6, 6.07) is 0. The molecule has 1 spiro atoms. The SMILES string of the molecule is C/C=C(\C)C(=O)O[C@@H]1C[C@H](O)[C@]2(CO2)[C@]2(COC(C)=O)[C@@H](OC(C)=O)C[C@@H](C)[C@](C)([C@@H]3C[C@H]4C=CO[C@@H]4O3)[C@@H]12. The first-order valence-corrected chi connectivity index (χ1v) is 13.8. The topological polar surface area (TPSA) is 130 Å². The molecule has 5 aliphatic rings. The van der Waals surface area contributed by atoms with Crippen LogP contribution >= 0.6 is 0 Å². The quantitative estimate of drug-likeness (QED) is 0.229. The number of aliphatic hydroxyl groups excluding tert-OH is 1. The van der Waals surface area contributed by atoms with E-state index in [0.717, 1.165) is 0 Å². The highest BCUT2D eigenvalue weighted by Gasteiger charge is 2.81. The van der Waals surface area contributed by atoms with Gasteiger partial charge in [-0.05, 0) is 38.7 Å². The summed E-state index contributed by atoms with van der Waals surface area (Å²) in [5.41, 5.74) is -2.56. The molecule has 4 fully saturated rings. The lowest BCUT2D eigenvalue weighted by Crippen LogP contribution is -2.75. The van der Waals surface area contributed by atoms with Crippen molar-refractivity contribution in [3.8, 4) is 0 Å². The molecule has 39 heavy (non-hydrogen) atoms. The Labute approximate surface area is 229 Å². The lowest BCUT2D eigenvalue weighted by Gasteiger charge is -2.65. The van der Waals surface area contributed by atoms with E-state index < -0.39 is 64.9 Å². The standard InChI is InChI=1S/C29H40O10/c1-7-15(2)25(33)38-20-12-21(32)29(14-36-29)28(13-35-17(4)30)23(37-18(5)31)10-16(3)27(6,24(20)28)22-11-19-8-9-34-26(19)39-22/h7-9,16,19-24,26,32H,10-14H2,1-6H3/b15-7+/t16-,19-,20-,21+,22+,23+,24-,26-,27-,28-,29-/m1/s1. The Morgan fingerprint density at radius 3 is 2.41 bits per heavy atom. The van der Waals surface area contributed by atoms with Crippen LogP contribution in [0.4, 0.5) is 0 Å². The number of carbonyl (C=O) groups is 3. The molecule has 0 aromatic heterocycles. The van der Waals surface area contributed by atoms with Crippen LogP contribution in [0.25, 0.3) is 0 Å². The molecule has 3 heterocycles. The van der Waals surface area contributed by atoms with Crippen LogP contribution in [0.15, 0.2) is 24.0 Å². The van der Waals surface area contributed by atoms with Gasteiger partial charge in [-0.15, -0.1) is 0 Å². The molecule has 1 N–H and O–H groups in total. The van der Waals surface area contributed by atoms with Gasteiger partial charge in [0.15, 0.2) is 0 Å². The molecule has 3 aliphatic heterocycles. The third-order valence-electron chi connectivity index (χ3n) is 10.2. The van der Waals surface area contributed by atoms with E-state index in [0.29, 0.717) is 18.4 Å². The van der Waals surface area contributed by atoms with Crippen molar-refractivity contribution in [1.29, 1.82) is 0 Å². The molecule has 2 saturated carbocycles. The van der Waals surface area contributed by atoms with E-state index in [4.69, 9.17) is 28.4 Å². The van der Waals surface area contributed by atoms with Gasteiger partial charge < -0.3 is 33.5 Å². The smallest absolute Gasteiger partial charge is 0.333 e. The minimum atomic E-state index is -1.20. The zero-order valence-electron chi connectivity index (χ0n) is 23.5. The van der Waals surface area contributed by atoms with Crippen LogP contribution in [-0.2, 0) is 42.8 Å². The van der Waals surface area contributed by atoms with Gasteiger partial charge in [-0.1, -0.05) is 19.9 Å². The fraction of sp³-hybridized carbons (Fsp3) is 0.759. The first kappa shape index (κ1) is 28.1. The molecule has 0 aromatic carbocycles. The summed E-state index contributed by atoms with van der Waals surface area (Å²) in [4.78, 5) is 37.8. The highest BCUT2D eigenvalue weighted by molar-refractivity contribution is 5.87. The van der Waals surface area contributed by atoms with E-state index >= 15 is 0 Å². The molecule has 0 bridgehead atoms. The number of aliphatic hydroxyl groups is 1. The predicted molar refractivity (Wildman–Crippen MR) is 136 cm³/mol. The van der Waals surface area contributed by atoms with Crippen molar-refractivity contribution in [1.82, 2.24) is 0 Å². The molecule has 2 aliphatic carbocycles. The van der Waals surface area contributed by atoms with Crippen molar-refractivity contribution in [3.63, 3.8) is 0 Å². The van der Waals surface area contributed by atoms with Gasteiger partial charge in [-0.25, -0.2) is 4.79 Å². The van der Waals surface area contributed by atoms with Crippen LogP contribution in [0, 0.1) is 28.6 Å². The van der Waals surface area contributed by atoms with Crippen LogP contribution < -0.4 is 0 Å². The molecule has 10 nitrogen and oxygen atoms in total. The van der Waals surface area contributed by atoms with Crippen LogP contribution in [0.2, 0.25) is 0 Å². The second-order valence-electron chi connectivity index (χ2n) is 12.1. The summed E-state index contributed by atoms with van der Waals surface area (Å²) in [6.07, 6.45) is 3.26. The van der Waals surface area contributed by atoms with Crippen molar-refractivity contribution in [3.05, 3.63) is 24.0 Å². The minimum absolute atomic E-state index is 0.0693. The largest absolute Gasteiger partial charge is 0.472 e. The number of rotatable bonds is 6. The number of allylic oxidation sites excluding steroid dienone is 1. The summed E-state index contributed by atoms with van der Waals surface area (Å²) < 4.78 is 36.2. The monoisotopic (exact) mass is 548 g/mol. The van der Waals surface area contributed by atoms with Gasteiger partial charge in [0.05, 0.1) is 30.5 Å². The van der Waals surface area contributed by atoms with Crippen molar-refractivity contribution in [2.45, 2.75) is 97.1 Å². The molecule has 11 atom stereocenters. The van der Waals surface area contributed by atoms with E-state index in [9.17, 15) is 19.5 Å². The second kappa shape index (κ2) is 9.89. The third kappa shape index (κ3) is 4.21. The van der Waals surface area contributed by atoms with E-state index in [1.165, 1.54) is 13.8 Å². The molecule has 2 saturated heterocycles. The summed E-state index contributed by atoms with van der Waals surface area (Å²) in [6.45, 7) is 10.3. The number of fused-ring (bicyclic) bond motifs is 3. The van der Waals surface area contributed by atoms with Gasteiger partial charge in [0.1, 0.15) is 24.4 Å². The lowest BCUT2D eigenvalue weighted by atomic mass is 9.41. The fourth-order valence-corrected chi connectivity index (χ4v) is 7.98. The Bertz CT molecular complexity index is 1080. The van der Waals surface area contributed by atoms with Crippen LogP contribution in [0.1, 0.15) is 60.8 Å². The van der Waals surface area contributed by atoms with Gasteiger partial charge in [-0.2, -0.15) is 0 Å². The van der Waals surface area contributed by atoms with Gasteiger partial charge in [-0.3, -0.25) is 9.59 Å². The predicted octanol–water partition coefficient (Wildman–Crippen LogP) is 2.82. The normalized spacial score (nSPS) is 46.2. The van der Waals surface area contributed by atoms with Crippen LogP contribution in [-0.4, -0.2) is 72.5 Å². The molecule has 0 unspecified atom stereocenters. The van der Waals surface area contributed by atoms with E-state index in [1.54, 1.807) is 26.2 Å². The molecule has 5 rings (SSSR count). The van der Waals surface area contributed by atoms with E-state index in [2.05, 4.69) is 13.8 Å². The van der Waals surface area contributed by atoms with Gasteiger partial charge >= 0.3 is 17.9 Å². The first-order chi connectivity index (χ1) is 18.4. The third-order valence-corrected chi connectivity index (χ3v) is 10.2. The Kier molecular flexibility index (Phi) is 7.13. The molecular formula is C29H40O10.